The van der Waals surface area contributed by atoms with E-state index in [1.54, 1.807) is 72.8 Å². The second-order valence-corrected chi connectivity index (χ2v) is 11.9. The second-order valence-electron chi connectivity index (χ2n) is 11.9. The van der Waals surface area contributed by atoms with E-state index in [1.807, 2.05) is 72.8 Å². The first-order chi connectivity index (χ1) is 26.8. The Labute approximate surface area is 320 Å². The van der Waals surface area contributed by atoms with Gasteiger partial charge in [0.15, 0.2) is 0 Å². The fourth-order valence-electron chi connectivity index (χ4n) is 5.38. The van der Waals surface area contributed by atoms with Crippen molar-refractivity contribution in [3.63, 3.8) is 0 Å². The molecule has 0 bridgehead atoms. The van der Waals surface area contributed by atoms with Gasteiger partial charge in [0.2, 0.25) is 0 Å². The minimum Gasteiger partial charge on any atom is -0.465 e. The first-order valence-corrected chi connectivity index (χ1v) is 17.0. The molecule has 0 radical (unpaired) electrons. The third-order valence-electron chi connectivity index (χ3n) is 8.35. The first-order valence-electron chi connectivity index (χ1n) is 17.0. The molecule has 266 valence electrons. The van der Waals surface area contributed by atoms with Gasteiger partial charge in [0.05, 0.1) is 38.0 Å². The summed E-state index contributed by atoms with van der Waals surface area (Å²) in [5, 5.41) is 0. The van der Waals surface area contributed by atoms with E-state index in [0.717, 1.165) is 50.4 Å². The number of hydrogen-bond donors (Lipinski definition) is 0. The molecule has 55 heavy (non-hydrogen) atoms. The molecule has 0 amide bonds. The minimum absolute atomic E-state index is 0.391. The average Bonchev–Trinajstić information content (AvgIpc) is 3.25. The van der Waals surface area contributed by atoms with Gasteiger partial charge in [0.1, 0.15) is 0 Å². The molecule has 0 unspecified atom stereocenters. The zero-order chi connectivity index (χ0) is 38.6. The van der Waals surface area contributed by atoms with E-state index in [1.165, 1.54) is 21.3 Å². The normalized spacial score (nSPS) is 9.87. The van der Waals surface area contributed by atoms with Crippen molar-refractivity contribution in [2.75, 3.05) is 26.2 Å². The number of hydrogen-bond acceptors (Lipinski definition) is 7. The SMILES string of the molecule is COC(=O)c1ccc(C#Cc2ccc(N(c3ccc(C#Cc4ccc(C(=O)OC)cc4)cc3)c3ccc(C#Cc4ccc(C(=O)OC)cc4)cc3)cc2)cc1. The molecule has 0 atom stereocenters. The number of benzene rings is 6. The van der Waals surface area contributed by atoms with Crippen LogP contribution in [0.25, 0.3) is 0 Å². The van der Waals surface area contributed by atoms with E-state index in [0.29, 0.717) is 16.7 Å². The van der Waals surface area contributed by atoms with Gasteiger partial charge in [-0.15, -0.1) is 0 Å². The smallest absolute Gasteiger partial charge is 0.337 e. The minimum atomic E-state index is -0.391. The van der Waals surface area contributed by atoms with Crippen molar-refractivity contribution in [1.82, 2.24) is 0 Å². The molecule has 0 aliphatic rings. The molecule has 0 aliphatic carbocycles. The van der Waals surface area contributed by atoms with E-state index in [9.17, 15) is 14.4 Å². The Morgan fingerprint density at radius 1 is 0.327 bits per heavy atom. The predicted molar refractivity (Wildman–Crippen MR) is 212 cm³/mol. The number of carbonyl (C=O) groups is 3. The van der Waals surface area contributed by atoms with E-state index in [-0.39, 0.29) is 0 Å². The molecule has 0 heterocycles. The molecule has 0 fully saturated rings. The van der Waals surface area contributed by atoms with Gasteiger partial charge in [-0.05, 0) is 146 Å². The maximum absolute atomic E-state index is 11.8. The van der Waals surface area contributed by atoms with E-state index < -0.39 is 17.9 Å². The summed E-state index contributed by atoms with van der Waals surface area (Å²) in [5.41, 5.74) is 8.99. The lowest BCUT2D eigenvalue weighted by Gasteiger charge is -2.25. The molecule has 7 heteroatoms. The van der Waals surface area contributed by atoms with Gasteiger partial charge in [0, 0.05) is 50.4 Å². The molecular formula is C48H33NO6. The monoisotopic (exact) mass is 719 g/mol. The highest BCUT2D eigenvalue weighted by Crippen LogP contribution is 2.34. The molecule has 6 aromatic rings. The Morgan fingerprint density at radius 3 is 0.691 bits per heavy atom. The van der Waals surface area contributed by atoms with Crippen molar-refractivity contribution >= 4 is 35.0 Å². The molecular weight excluding hydrogens is 687 g/mol. The number of esters is 3. The number of carbonyl (C=O) groups excluding carboxylic acids is 3. The summed E-state index contributed by atoms with van der Waals surface area (Å²) in [4.78, 5) is 37.4. The van der Waals surface area contributed by atoms with Crippen molar-refractivity contribution in [1.29, 1.82) is 0 Å². The van der Waals surface area contributed by atoms with Crippen LogP contribution in [0.5, 0.6) is 0 Å². The van der Waals surface area contributed by atoms with Crippen LogP contribution >= 0.6 is 0 Å². The molecule has 0 saturated heterocycles. The highest BCUT2D eigenvalue weighted by atomic mass is 16.5. The summed E-state index contributed by atoms with van der Waals surface area (Å²) in [6.45, 7) is 0. The molecule has 6 aromatic carbocycles. The lowest BCUT2D eigenvalue weighted by molar-refractivity contribution is 0.0592. The standard InChI is InChI=1S/C48H33NO6/c1-53-46(50)40-22-10-34(11-23-40)4-7-37-16-28-43(29-17-37)49(44-30-18-38(19-31-44)8-5-35-12-24-41(25-13-35)47(51)54-2)45-32-20-39(21-33-45)9-6-36-14-26-42(27-15-36)48(52)55-3/h10-33H,1-3H3. The summed E-state index contributed by atoms with van der Waals surface area (Å²) < 4.78 is 14.3. The average molecular weight is 720 g/mol. The first kappa shape index (κ1) is 37.0. The lowest BCUT2D eigenvalue weighted by atomic mass is 10.1. The van der Waals surface area contributed by atoms with Crippen molar-refractivity contribution < 1.29 is 28.6 Å². The highest BCUT2D eigenvalue weighted by molar-refractivity contribution is 5.90. The fraction of sp³-hybridized carbons (Fsp3) is 0.0625. The largest absolute Gasteiger partial charge is 0.465 e. The molecule has 6 rings (SSSR count). The van der Waals surface area contributed by atoms with Crippen molar-refractivity contribution in [3.05, 3.63) is 196 Å². The van der Waals surface area contributed by atoms with Gasteiger partial charge >= 0.3 is 17.9 Å². The zero-order valence-corrected chi connectivity index (χ0v) is 30.3. The van der Waals surface area contributed by atoms with Gasteiger partial charge in [-0.25, -0.2) is 14.4 Å². The van der Waals surface area contributed by atoms with Crippen molar-refractivity contribution in [2.24, 2.45) is 0 Å². The van der Waals surface area contributed by atoms with Crippen molar-refractivity contribution in [2.45, 2.75) is 0 Å². The third kappa shape index (κ3) is 9.56. The number of ether oxygens (including phenoxy) is 3. The van der Waals surface area contributed by atoms with Crippen LogP contribution in [0, 0.1) is 35.5 Å². The van der Waals surface area contributed by atoms with Crippen LogP contribution < -0.4 is 4.90 Å². The van der Waals surface area contributed by atoms with Crippen LogP contribution in [0.15, 0.2) is 146 Å². The van der Waals surface area contributed by atoms with Gasteiger partial charge < -0.3 is 19.1 Å². The van der Waals surface area contributed by atoms with Crippen LogP contribution in [0.3, 0.4) is 0 Å². The van der Waals surface area contributed by atoms with Gasteiger partial charge in [-0.2, -0.15) is 0 Å². The molecule has 7 nitrogen and oxygen atoms in total. The van der Waals surface area contributed by atoms with Crippen LogP contribution in [-0.2, 0) is 14.2 Å². The Morgan fingerprint density at radius 2 is 0.509 bits per heavy atom. The quantitative estimate of drug-likeness (QED) is 0.0968. The lowest BCUT2D eigenvalue weighted by Crippen LogP contribution is -2.10. The maximum atomic E-state index is 11.8. The number of methoxy groups -OCH3 is 3. The fourth-order valence-corrected chi connectivity index (χ4v) is 5.38. The summed E-state index contributed by atoms with van der Waals surface area (Å²) in [7, 11) is 4.06. The Kier molecular flexibility index (Phi) is 11.8. The Hall–Kier alpha value is -7.79. The summed E-state index contributed by atoms with van der Waals surface area (Å²) in [6.07, 6.45) is 0. The molecule has 0 spiro atoms. The van der Waals surface area contributed by atoms with Crippen molar-refractivity contribution in [3.8, 4) is 35.5 Å². The molecule has 0 aliphatic heterocycles. The topological polar surface area (TPSA) is 82.1 Å². The third-order valence-corrected chi connectivity index (χ3v) is 8.35. The molecule has 0 saturated carbocycles. The summed E-state index contributed by atoms with van der Waals surface area (Å²) in [5.74, 6) is 17.9. The van der Waals surface area contributed by atoms with Crippen LogP contribution in [-0.4, -0.2) is 39.2 Å². The zero-order valence-electron chi connectivity index (χ0n) is 30.3. The van der Waals surface area contributed by atoms with Crippen LogP contribution in [0.4, 0.5) is 17.1 Å². The van der Waals surface area contributed by atoms with E-state index in [2.05, 4.69) is 40.4 Å². The maximum Gasteiger partial charge on any atom is 0.337 e. The number of anilines is 3. The Bertz CT molecular complexity index is 2220. The van der Waals surface area contributed by atoms with E-state index in [4.69, 9.17) is 14.2 Å². The van der Waals surface area contributed by atoms with E-state index >= 15 is 0 Å². The number of nitrogens with zero attached hydrogens (tertiary/aromatic N) is 1. The highest BCUT2D eigenvalue weighted by Gasteiger charge is 2.13. The molecule has 0 N–H and O–H groups in total. The molecule has 0 aromatic heterocycles. The summed E-state index contributed by atoms with van der Waals surface area (Å²) >= 11 is 0. The summed E-state index contributed by atoms with van der Waals surface area (Å²) in [6, 6.07) is 44.8. The predicted octanol–water partition coefficient (Wildman–Crippen LogP) is 8.72. The van der Waals surface area contributed by atoms with Gasteiger partial charge in [-0.1, -0.05) is 35.5 Å². The van der Waals surface area contributed by atoms with Gasteiger partial charge in [0.25, 0.3) is 0 Å². The van der Waals surface area contributed by atoms with Crippen LogP contribution in [0.2, 0.25) is 0 Å². The van der Waals surface area contributed by atoms with Gasteiger partial charge in [-0.3, -0.25) is 0 Å². The number of rotatable bonds is 6. The van der Waals surface area contributed by atoms with Crippen LogP contribution in [0.1, 0.15) is 64.5 Å². The second kappa shape index (κ2) is 17.6. The Balaban J connectivity index is 1.26.